The molecule has 0 aromatic heterocycles. The van der Waals surface area contributed by atoms with Gasteiger partial charge in [0, 0.05) is 43.6 Å². The van der Waals surface area contributed by atoms with Crippen LogP contribution in [0.1, 0.15) is 12.0 Å². The summed E-state index contributed by atoms with van der Waals surface area (Å²) < 4.78 is 63.3. The number of hydrogen-bond acceptors (Lipinski definition) is 5. The molecular weight excluding hydrogens is 447 g/mol. The summed E-state index contributed by atoms with van der Waals surface area (Å²) in [5.74, 6) is -4.60. The second-order valence-electron chi connectivity index (χ2n) is 7.81. The van der Waals surface area contributed by atoms with Gasteiger partial charge in [-0.1, -0.05) is 6.07 Å². The van der Waals surface area contributed by atoms with E-state index in [2.05, 4.69) is 5.32 Å². The Kier molecular flexibility index (Phi) is 6.89. The zero-order valence-corrected chi connectivity index (χ0v) is 18.0. The lowest BCUT2D eigenvalue weighted by molar-refractivity contribution is -0.141. The lowest BCUT2D eigenvalue weighted by Crippen LogP contribution is -2.55. The number of nitrogens with two attached hydrogens (primary N) is 1. The van der Waals surface area contributed by atoms with E-state index in [0.717, 1.165) is 12.3 Å². The third kappa shape index (κ3) is 5.65. The Morgan fingerprint density at radius 2 is 1.78 bits per heavy atom. The van der Waals surface area contributed by atoms with Crippen molar-refractivity contribution >= 4 is 27.3 Å². The fourth-order valence-electron chi connectivity index (χ4n) is 3.33. The molecule has 0 saturated carbocycles. The number of nitrogens with zero attached hydrogens (tertiary/aromatic N) is 1. The first-order chi connectivity index (χ1) is 14.9. The molecule has 1 aliphatic heterocycles. The normalized spacial score (nSPS) is 15.2. The molecule has 3 rings (SSSR count). The minimum Gasteiger partial charge on any atom is -0.341 e. The molecule has 1 heterocycles. The maximum absolute atomic E-state index is 13.7. The van der Waals surface area contributed by atoms with Crippen LogP contribution in [0.2, 0.25) is 0 Å². The number of nitrogens with one attached hydrogen (secondary N) is 1. The van der Waals surface area contributed by atoms with Crippen LogP contribution in [0.4, 0.5) is 18.9 Å². The summed E-state index contributed by atoms with van der Waals surface area (Å²) in [6.45, 7) is 0.311. The van der Waals surface area contributed by atoms with Gasteiger partial charge in [-0.05, 0) is 36.2 Å². The number of anilines is 1. The molecular formula is C21H22F3N3O4S. The number of halogens is 3. The van der Waals surface area contributed by atoms with Crippen LogP contribution in [0.15, 0.2) is 41.3 Å². The summed E-state index contributed by atoms with van der Waals surface area (Å²) in [4.78, 5) is 26.2. The number of rotatable bonds is 7. The van der Waals surface area contributed by atoms with Crippen LogP contribution in [0.5, 0.6) is 0 Å². The summed E-state index contributed by atoms with van der Waals surface area (Å²) in [5.41, 5.74) is 6.08. The first-order valence-corrected chi connectivity index (χ1v) is 11.6. The second-order valence-corrected chi connectivity index (χ2v) is 9.83. The molecule has 32 heavy (non-hydrogen) atoms. The third-order valence-corrected chi connectivity index (χ3v) is 6.25. The molecule has 7 nitrogen and oxygen atoms in total. The zero-order chi connectivity index (χ0) is 23.6. The molecule has 2 aromatic carbocycles. The molecule has 11 heteroatoms. The quantitative estimate of drug-likeness (QED) is 0.602. The van der Waals surface area contributed by atoms with E-state index in [1.807, 2.05) is 0 Å². The van der Waals surface area contributed by atoms with Crippen molar-refractivity contribution in [1.82, 2.24) is 4.90 Å². The van der Waals surface area contributed by atoms with Crippen molar-refractivity contribution in [3.63, 3.8) is 0 Å². The van der Waals surface area contributed by atoms with Crippen molar-refractivity contribution in [2.45, 2.75) is 23.8 Å². The van der Waals surface area contributed by atoms with Gasteiger partial charge in [-0.2, -0.15) is 0 Å². The molecule has 172 valence electrons. The molecule has 0 spiro atoms. The smallest absolute Gasteiger partial charge is 0.231 e. The number of sulfone groups is 1. The van der Waals surface area contributed by atoms with Crippen molar-refractivity contribution < 1.29 is 31.2 Å². The maximum Gasteiger partial charge on any atom is 0.231 e. The van der Waals surface area contributed by atoms with Crippen LogP contribution >= 0.6 is 0 Å². The SMILES string of the molecule is CS(=O)(=O)c1cccc(NC(=O)C2CN(C(=O)C[C@H](N)Cc3cc(F)c(F)cc3F)C2)c1. The van der Waals surface area contributed by atoms with E-state index in [1.165, 1.54) is 23.1 Å². The van der Waals surface area contributed by atoms with Crippen LogP contribution in [-0.2, 0) is 25.8 Å². The maximum atomic E-state index is 13.7. The highest BCUT2D eigenvalue weighted by Crippen LogP contribution is 2.22. The summed E-state index contributed by atoms with van der Waals surface area (Å²) in [6.07, 6.45) is 0.765. The zero-order valence-electron chi connectivity index (χ0n) is 17.1. The Bertz CT molecular complexity index is 1150. The van der Waals surface area contributed by atoms with Gasteiger partial charge in [-0.25, -0.2) is 21.6 Å². The predicted octanol–water partition coefficient (Wildman–Crippen LogP) is 1.86. The Labute approximate surface area is 183 Å². The Morgan fingerprint density at radius 3 is 2.44 bits per heavy atom. The molecule has 1 saturated heterocycles. The molecule has 0 bridgehead atoms. The lowest BCUT2D eigenvalue weighted by Gasteiger charge is -2.38. The molecule has 1 aliphatic rings. The molecule has 0 aliphatic carbocycles. The van der Waals surface area contributed by atoms with Crippen molar-refractivity contribution in [2.24, 2.45) is 11.7 Å². The van der Waals surface area contributed by atoms with E-state index < -0.39 is 39.2 Å². The lowest BCUT2D eigenvalue weighted by atomic mass is 9.96. The van der Waals surface area contributed by atoms with E-state index in [4.69, 9.17) is 5.73 Å². The van der Waals surface area contributed by atoms with E-state index in [9.17, 15) is 31.2 Å². The van der Waals surface area contributed by atoms with Crippen molar-refractivity contribution in [1.29, 1.82) is 0 Å². The third-order valence-electron chi connectivity index (χ3n) is 5.14. The molecule has 0 unspecified atom stereocenters. The van der Waals surface area contributed by atoms with Crippen LogP contribution in [-0.4, -0.2) is 50.5 Å². The van der Waals surface area contributed by atoms with Crippen LogP contribution < -0.4 is 11.1 Å². The Balaban J connectivity index is 1.49. The van der Waals surface area contributed by atoms with Crippen molar-refractivity contribution in [3.8, 4) is 0 Å². The van der Waals surface area contributed by atoms with Gasteiger partial charge >= 0.3 is 0 Å². The van der Waals surface area contributed by atoms with Gasteiger partial charge in [-0.15, -0.1) is 0 Å². The van der Waals surface area contributed by atoms with Gasteiger partial charge in [0.15, 0.2) is 21.5 Å². The van der Waals surface area contributed by atoms with Gasteiger partial charge in [0.25, 0.3) is 0 Å². The number of carbonyl (C=O) groups is 2. The highest BCUT2D eigenvalue weighted by molar-refractivity contribution is 7.90. The molecule has 2 aromatic rings. The fraction of sp³-hybridized carbons (Fsp3) is 0.333. The van der Waals surface area contributed by atoms with E-state index >= 15 is 0 Å². The highest BCUT2D eigenvalue weighted by Gasteiger charge is 2.36. The van der Waals surface area contributed by atoms with Crippen LogP contribution in [0.3, 0.4) is 0 Å². The van der Waals surface area contributed by atoms with Gasteiger partial charge in [-0.3, -0.25) is 9.59 Å². The standard InChI is InChI=1S/C21H22F3N3O4S/c1-32(30,31)16-4-2-3-15(8-16)26-21(29)13-10-27(11-13)20(28)7-14(25)5-12-6-18(23)19(24)9-17(12)22/h2-4,6,8-9,13-14H,5,7,10-11,25H2,1H3,(H,26,29)/t14-/m1/s1. The predicted molar refractivity (Wildman–Crippen MR) is 111 cm³/mol. The molecule has 2 amide bonds. The average Bonchev–Trinajstić information content (AvgIpc) is 2.64. The topological polar surface area (TPSA) is 110 Å². The highest BCUT2D eigenvalue weighted by atomic mass is 32.2. The first kappa shape index (κ1) is 23.7. The van der Waals surface area contributed by atoms with Gasteiger partial charge in [0.2, 0.25) is 11.8 Å². The van der Waals surface area contributed by atoms with E-state index in [1.54, 1.807) is 6.07 Å². The molecule has 0 radical (unpaired) electrons. The summed E-state index contributed by atoms with van der Waals surface area (Å²) >= 11 is 0. The van der Waals surface area contributed by atoms with E-state index in [-0.39, 0.29) is 48.2 Å². The minimum atomic E-state index is -3.41. The minimum absolute atomic E-state index is 0.0761. The summed E-state index contributed by atoms with van der Waals surface area (Å²) in [6, 6.07) is 6.19. The van der Waals surface area contributed by atoms with Crippen molar-refractivity contribution in [3.05, 3.63) is 59.4 Å². The first-order valence-electron chi connectivity index (χ1n) is 9.72. The molecule has 1 fully saturated rings. The van der Waals surface area contributed by atoms with Crippen molar-refractivity contribution in [2.75, 3.05) is 24.7 Å². The van der Waals surface area contributed by atoms with Gasteiger partial charge in [0.05, 0.1) is 10.8 Å². The molecule has 1 atom stereocenters. The Morgan fingerprint density at radius 1 is 1.12 bits per heavy atom. The van der Waals surface area contributed by atoms with E-state index in [0.29, 0.717) is 11.8 Å². The average molecular weight is 469 g/mol. The number of likely N-dealkylation sites (tertiary alicyclic amines) is 1. The summed E-state index contributed by atoms with van der Waals surface area (Å²) in [7, 11) is -3.41. The summed E-state index contributed by atoms with van der Waals surface area (Å²) in [5, 5.41) is 2.63. The van der Waals surface area contributed by atoms with Crippen LogP contribution in [0, 0.1) is 23.4 Å². The van der Waals surface area contributed by atoms with Crippen LogP contribution in [0.25, 0.3) is 0 Å². The number of carbonyl (C=O) groups excluding carboxylic acids is 2. The number of benzene rings is 2. The monoisotopic (exact) mass is 469 g/mol. The largest absolute Gasteiger partial charge is 0.341 e. The number of hydrogen-bond donors (Lipinski definition) is 2. The van der Waals surface area contributed by atoms with Gasteiger partial charge < -0.3 is 16.0 Å². The van der Waals surface area contributed by atoms with Gasteiger partial charge in [0.1, 0.15) is 5.82 Å². The Hall–Kier alpha value is -2.92. The number of amides is 2. The molecule has 3 N–H and O–H groups in total. The second kappa shape index (κ2) is 9.29. The fourth-order valence-corrected chi connectivity index (χ4v) is 3.99.